The standard InChI is InChI=1S/C9H8.BrH/c1-2-6-9-7-4-3-5-8-9;/h3-5,7-8H,1H3;1H. The molecular weight excluding hydrogens is 188 g/mol. The van der Waals surface area contributed by atoms with Crippen molar-refractivity contribution >= 4 is 17.0 Å². The summed E-state index contributed by atoms with van der Waals surface area (Å²) in [5.74, 6) is 5.79. The van der Waals surface area contributed by atoms with Gasteiger partial charge in [0, 0.05) is 5.56 Å². The topological polar surface area (TPSA) is 0 Å². The van der Waals surface area contributed by atoms with Crippen LogP contribution in [0.15, 0.2) is 30.3 Å². The molecule has 52 valence electrons. The van der Waals surface area contributed by atoms with E-state index in [0.29, 0.717) is 0 Å². The van der Waals surface area contributed by atoms with Gasteiger partial charge in [-0.25, -0.2) is 0 Å². The van der Waals surface area contributed by atoms with Crippen LogP contribution in [-0.4, -0.2) is 0 Å². The van der Waals surface area contributed by atoms with Crippen LogP contribution < -0.4 is 0 Å². The fraction of sp³-hybridized carbons (Fsp3) is 0.111. The van der Waals surface area contributed by atoms with Crippen LogP contribution >= 0.6 is 17.0 Å². The molecule has 0 aliphatic heterocycles. The van der Waals surface area contributed by atoms with Crippen molar-refractivity contribution in [2.24, 2.45) is 0 Å². The van der Waals surface area contributed by atoms with E-state index in [1.54, 1.807) is 0 Å². The fourth-order valence-electron chi connectivity index (χ4n) is 0.666. The lowest BCUT2D eigenvalue weighted by molar-refractivity contribution is 1.64. The summed E-state index contributed by atoms with van der Waals surface area (Å²) in [7, 11) is 0. The molecule has 1 aromatic carbocycles. The third kappa shape index (κ3) is 2.70. The van der Waals surface area contributed by atoms with Gasteiger partial charge in [-0.2, -0.15) is 0 Å². The van der Waals surface area contributed by atoms with Gasteiger partial charge < -0.3 is 0 Å². The van der Waals surface area contributed by atoms with Gasteiger partial charge in [0.1, 0.15) is 0 Å². The zero-order valence-electron chi connectivity index (χ0n) is 5.79. The minimum absolute atomic E-state index is 0. The highest BCUT2D eigenvalue weighted by atomic mass is 79.9. The van der Waals surface area contributed by atoms with Crippen LogP contribution in [0.5, 0.6) is 0 Å². The zero-order chi connectivity index (χ0) is 6.53. The van der Waals surface area contributed by atoms with Gasteiger partial charge in [0.25, 0.3) is 0 Å². The predicted molar refractivity (Wildman–Crippen MR) is 49.3 cm³/mol. The molecule has 1 aromatic rings. The van der Waals surface area contributed by atoms with Crippen LogP contribution in [0.25, 0.3) is 0 Å². The highest BCUT2D eigenvalue weighted by molar-refractivity contribution is 8.93. The van der Waals surface area contributed by atoms with E-state index in [4.69, 9.17) is 0 Å². The van der Waals surface area contributed by atoms with E-state index in [-0.39, 0.29) is 17.0 Å². The maximum atomic E-state index is 2.96. The Morgan fingerprint density at radius 3 is 2.20 bits per heavy atom. The van der Waals surface area contributed by atoms with E-state index in [1.165, 1.54) is 0 Å². The second kappa shape index (κ2) is 5.08. The van der Waals surface area contributed by atoms with Crippen LogP contribution in [0.1, 0.15) is 12.5 Å². The molecule has 0 aliphatic carbocycles. The van der Waals surface area contributed by atoms with Crippen molar-refractivity contribution in [1.82, 2.24) is 0 Å². The molecule has 0 atom stereocenters. The maximum absolute atomic E-state index is 2.96. The molecule has 0 nitrogen and oxygen atoms in total. The molecule has 0 heterocycles. The minimum atomic E-state index is 0. The Bertz CT molecular complexity index is 228. The first kappa shape index (κ1) is 9.26. The van der Waals surface area contributed by atoms with E-state index >= 15 is 0 Å². The summed E-state index contributed by atoms with van der Waals surface area (Å²) in [5, 5.41) is 0. The zero-order valence-corrected chi connectivity index (χ0v) is 7.51. The van der Waals surface area contributed by atoms with Gasteiger partial charge in [-0.3, -0.25) is 0 Å². The highest BCUT2D eigenvalue weighted by Crippen LogP contribution is 1.93. The molecule has 0 N–H and O–H groups in total. The molecule has 0 saturated carbocycles. The second-order valence-electron chi connectivity index (χ2n) is 1.74. The lowest BCUT2D eigenvalue weighted by Gasteiger charge is -1.83. The molecule has 0 unspecified atom stereocenters. The maximum Gasteiger partial charge on any atom is 0.0245 e. The first-order chi connectivity index (χ1) is 4.43. The lowest BCUT2D eigenvalue weighted by atomic mass is 10.2. The van der Waals surface area contributed by atoms with Gasteiger partial charge >= 0.3 is 0 Å². The molecular formula is C9H9Br. The van der Waals surface area contributed by atoms with E-state index < -0.39 is 0 Å². The Morgan fingerprint density at radius 1 is 1.10 bits per heavy atom. The van der Waals surface area contributed by atoms with Gasteiger partial charge in [-0.1, -0.05) is 24.1 Å². The van der Waals surface area contributed by atoms with Crippen LogP contribution in [0.4, 0.5) is 0 Å². The summed E-state index contributed by atoms with van der Waals surface area (Å²) in [4.78, 5) is 0. The van der Waals surface area contributed by atoms with E-state index in [9.17, 15) is 0 Å². The Labute approximate surface area is 72.0 Å². The van der Waals surface area contributed by atoms with E-state index in [0.717, 1.165) is 5.56 Å². The monoisotopic (exact) mass is 196 g/mol. The predicted octanol–water partition coefficient (Wildman–Crippen LogP) is 2.64. The normalized spacial score (nSPS) is 6.90. The molecule has 0 amide bonds. The molecule has 0 saturated heterocycles. The summed E-state index contributed by atoms with van der Waals surface area (Å²) >= 11 is 0. The van der Waals surface area contributed by atoms with Gasteiger partial charge in [0.05, 0.1) is 0 Å². The summed E-state index contributed by atoms with van der Waals surface area (Å²) < 4.78 is 0. The molecule has 0 bridgehead atoms. The molecule has 1 rings (SSSR count). The number of hydrogen-bond donors (Lipinski definition) is 0. The number of benzene rings is 1. The lowest BCUT2D eigenvalue weighted by Crippen LogP contribution is -1.67. The largest absolute Gasteiger partial charge is 0.114 e. The summed E-state index contributed by atoms with van der Waals surface area (Å²) in [6.45, 7) is 1.84. The van der Waals surface area contributed by atoms with Crippen molar-refractivity contribution in [2.45, 2.75) is 6.92 Å². The Balaban J connectivity index is 0.000000810. The van der Waals surface area contributed by atoms with Crippen molar-refractivity contribution in [3.8, 4) is 11.8 Å². The van der Waals surface area contributed by atoms with Crippen molar-refractivity contribution in [3.63, 3.8) is 0 Å². The van der Waals surface area contributed by atoms with Gasteiger partial charge in [0.2, 0.25) is 0 Å². The van der Waals surface area contributed by atoms with E-state index in [1.807, 2.05) is 37.3 Å². The molecule has 0 spiro atoms. The quantitative estimate of drug-likeness (QED) is 0.561. The molecule has 0 fully saturated rings. The average molecular weight is 197 g/mol. The molecule has 0 radical (unpaired) electrons. The minimum Gasteiger partial charge on any atom is -0.114 e. The molecule has 0 aliphatic rings. The van der Waals surface area contributed by atoms with Crippen molar-refractivity contribution < 1.29 is 0 Å². The van der Waals surface area contributed by atoms with Crippen LogP contribution in [0.2, 0.25) is 0 Å². The first-order valence-electron chi connectivity index (χ1n) is 2.91. The smallest absolute Gasteiger partial charge is 0.0245 e. The van der Waals surface area contributed by atoms with E-state index in [2.05, 4.69) is 11.8 Å². The first-order valence-corrected chi connectivity index (χ1v) is 2.91. The molecule has 1 heteroatoms. The van der Waals surface area contributed by atoms with Crippen molar-refractivity contribution in [1.29, 1.82) is 0 Å². The summed E-state index contributed by atoms with van der Waals surface area (Å²) in [6.07, 6.45) is 0. The summed E-state index contributed by atoms with van der Waals surface area (Å²) in [6, 6.07) is 9.95. The van der Waals surface area contributed by atoms with Crippen molar-refractivity contribution in [2.75, 3.05) is 0 Å². The average Bonchev–Trinajstić information content (AvgIpc) is 1.91. The Hall–Kier alpha value is -0.740. The van der Waals surface area contributed by atoms with Crippen LogP contribution in [-0.2, 0) is 0 Å². The second-order valence-corrected chi connectivity index (χ2v) is 1.74. The third-order valence-electron chi connectivity index (χ3n) is 1.04. The van der Waals surface area contributed by atoms with Gasteiger partial charge in [-0.05, 0) is 19.1 Å². The van der Waals surface area contributed by atoms with Crippen molar-refractivity contribution in [3.05, 3.63) is 35.9 Å². The van der Waals surface area contributed by atoms with Gasteiger partial charge in [-0.15, -0.1) is 22.9 Å². The summed E-state index contributed by atoms with van der Waals surface area (Å²) in [5.41, 5.74) is 1.08. The Kier molecular flexibility index (Phi) is 4.70. The highest BCUT2D eigenvalue weighted by Gasteiger charge is 1.77. The van der Waals surface area contributed by atoms with Crippen LogP contribution in [0, 0.1) is 11.8 Å². The number of halogens is 1. The fourth-order valence-corrected chi connectivity index (χ4v) is 0.666. The number of rotatable bonds is 0. The Morgan fingerprint density at radius 2 is 1.70 bits per heavy atom. The molecule has 10 heavy (non-hydrogen) atoms. The third-order valence-corrected chi connectivity index (χ3v) is 1.04. The van der Waals surface area contributed by atoms with Gasteiger partial charge in [0.15, 0.2) is 0 Å². The van der Waals surface area contributed by atoms with Crippen LogP contribution in [0.3, 0.4) is 0 Å². The number of hydrogen-bond acceptors (Lipinski definition) is 0. The SMILES string of the molecule is Br.CC#Cc1ccccc1. The molecule has 0 aromatic heterocycles.